The Morgan fingerprint density at radius 3 is 2.23 bits per heavy atom. The number of urea groups is 1. The molecule has 7 nitrogen and oxygen atoms in total. The first-order valence-electron chi connectivity index (χ1n) is 15.2. The van der Waals surface area contributed by atoms with Crippen molar-refractivity contribution in [3.05, 3.63) is 66.2 Å². The number of rotatable bonds is 12. The Labute approximate surface area is 240 Å². The highest BCUT2D eigenvalue weighted by Crippen LogP contribution is 2.42. The van der Waals surface area contributed by atoms with Crippen LogP contribution in [0.2, 0.25) is 0 Å². The van der Waals surface area contributed by atoms with Gasteiger partial charge in [0.1, 0.15) is 0 Å². The number of benzene rings is 2. The van der Waals surface area contributed by atoms with Gasteiger partial charge >= 0.3 is 12.0 Å². The molecule has 2 N–H and O–H groups in total. The number of carboxylic acids is 1. The van der Waals surface area contributed by atoms with E-state index in [1.165, 1.54) is 5.56 Å². The van der Waals surface area contributed by atoms with Gasteiger partial charge in [-0.2, -0.15) is 0 Å². The molecular formula is C33H48N4O3. The molecule has 0 spiro atoms. The largest absolute Gasteiger partial charge is 0.480 e. The molecule has 4 rings (SSSR count). The Morgan fingerprint density at radius 2 is 1.62 bits per heavy atom. The monoisotopic (exact) mass is 548 g/mol. The molecule has 2 aliphatic rings. The van der Waals surface area contributed by atoms with E-state index in [0.717, 1.165) is 70.5 Å². The van der Waals surface area contributed by atoms with E-state index in [9.17, 15) is 14.7 Å². The molecule has 0 aromatic heterocycles. The van der Waals surface area contributed by atoms with Crippen molar-refractivity contribution in [2.75, 3.05) is 44.6 Å². The standard InChI is InChI=1S/C33H48N4O3/c1-4-17-37(33(40)34-28-13-9-6-10-14-28)29-15-18-35(19-16-29)23-27-20-30(36(22-25(2)3)24-32(38)39)21-31(27)26-11-7-5-8-12-26/h5-14,25,27,29-31H,4,15-24H2,1-3H3,(H,34,40)(H,38,39). The summed E-state index contributed by atoms with van der Waals surface area (Å²) in [5.41, 5.74) is 2.21. The third-order valence-corrected chi connectivity index (χ3v) is 8.59. The molecule has 3 unspecified atom stereocenters. The maximum Gasteiger partial charge on any atom is 0.322 e. The molecule has 3 atom stereocenters. The highest BCUT2D eigenvalue weighted by Gasteiger charge is 2.40. The quantitative estimate of drug-likeness (QED) is 0.340. The van der Waals surface area contributed by atoms with Crippen LogP contribution in [0.1, 0.15) is 64.4 Å². The molecule has 218 valence electrons. The molecule has 2 aromatic carbocycles. The first kappa shape index (κ1) is 30.1. The van der Waals surface area contributed by atoms with Crippen LogP contribution >= 0.6 is 0 Å². The van der Waals surface area contributed by atoms with E-state index < -0.39 is 5.97 Å². The zero-order valence-corrected chi connectivity index (χ0v) is 24.5. The van der Waals surface area contributed by atoms with Crippen LogP contribution in [0.15, 0.2) is 60.7 Å². The van der Waals surface area contributed by atoms with Gasteiger partial charge in [-0.1, -0.05) is 69.3 Å². The molecule has 40 heavy (non-hydrogen) atoms. The van der Waals surface area contributed by atoms with Gasteiger partial charge in [0.05, 0.1) is 6.54 Å². The number of aliphatic carboxylic acids is 1. The Hall–Kier alpha value is -2.90. The second-order valence-electron chi connectivity index (χ2n) is 12.1. The van der Waals surface area contributed by atoms with Gasteiger partial charge < -0.3 is 20.2 Å². The van der Waals surface area contributed by atoms with Crippen LogP contribution in [-0.4, -0.2) is 83.2 Å². The number of amides is 2. The highest BCUT2D eigenvalue weighted by molar-refractivity contribution is 5.89. The smallest absolute Gasteiger partial charge is 0.322 e. The lowest BCUT2D eigenvalue weighted by atomic mass is 9.88. The molecule has 7 heteroatoms. The van der Waals surface area contributed by atoms with Crippen LogP contribution in [0.3, 0.4) is 0 Å². The fourth-order valence-corrected chi connectivity index (χ4v) is 6.84. The van der Waals surface area contributed by atoms with E-state index in [4.69, 9.17) is 0 Å². The van der Waals surface area contributed by atoms with Crippen molar-refractivity contribution in [2.45, 2.75) is 70.9 Å². The normalized spacial score (nSPS) is 22.1. The molecule has 1 heterocycles. The number of hydrogen-bond acceptors (Lipinski definition) is 4. The summed E-state index contributed by atoms with van der Waals surface area (Å²) in [6, 6.07) is 21.0. The number of nitrogens with one attached hydrogen (secondary N) is 1. The summed E-state index contributed by atoms with van der Waals surface area (Å²) >= 11 is 0. The van der Waals surface area contributed by atoms with Crippen LogP contribution in [0.4, 0.5) is 10.5 Å². The zero-order valence-electron chi connectivity index (χ0n) is 24.5. The molecule has 1 saturated heterocycles. The van der Waals surface area contributed by atoms with Crippen molar-refractivity contribution >= 4 is 17.7 Å². The summed E-state index contributed by atoms with van der Waals surface area (Å²) in [6.07, 6.45) is 4.93. The molecular weight excluding hydrogens is 500 g/mol. The van der Waals surface area contributed by atoms with Gasteiger partial charge in [0.15, 0.2) is 0 Å². The fraction of sp³-hybridized carbons (Fsp3) is 0.576. The molecule has 1 aliphatic carbocycles. The maximum absolute atomic E-state index is 13.2. The molecule has 0 radical (unpaired) electrons. The first-order valence-corrected chi connectivity index (χ1v) is 15.2. The van der Waals surface area contributed by atoms with Gasteiger partial charge in [0, 0.05) is 50.5 Å². The first-order chi connectivity index (χ1) is 19.3. The Morgan fingerprint density at radius 1 is 0.975 bits per heavy atom. The van der Waals surface area contributed by atoms with Crippen LogP contribution < -0.4 is 5.32 Å². The average Bonchev–Trinajstić information content (AvgIpc) is 3.36. The van der Waals surface area contributed by atoms with Crippen molar-refractivity contribution in [2.24, 2.45) is 11.8 Å². The van der Waals surface area contributed by atoms with Gasteiger partial charge in [-0.05, 0) is 67.6 Å². The van der Waals surface area contributed by atoms with Gasteiger partial charge in [0.2, 0.25) is 0 Å². The second-order valence-corrected chi connectivity index (χ2v) is 12.1. The summed E-state index contributed by atoms with van der Waals surface area (Å²) < 4.78 is 0. The highest BCUT2D eigenvalue weighted by atomic mass is 16.4. The number of anilines is 1. The van der Waals surface area contributed by atoms with Crippen LogP contribution in [-0.2, 0) is 4.79 Å². The number of nitrogens with zero attached hydrogens (tertiary/aromatic N) is 3. The topological polar surface area (TPSA) is 76.1 Å². The van der Waals surface area contributed by atoms with Crippen LogP contribution in [0.25, 0.3) is 0 Å². The van der Waals surface area contributed by atoms with E-state index in [1.807, 2.05) is 35.2 Å². The van der Waals surface area contributed by atoms with Gasteiger partial charge in [-0.15, -0.1) is 0 Å². The number of para-hydroxylation sites is 1. The minimum absolute atomic E-state index is 0.00190. The van der Waals surface area contributed by atoms with Crippen molar-refractivity contribution in [3.63, 3.8) is 0 Å². The number of likely N-dealkylation sites (tertiary alicyclic amines) is 1. The molecule has 2 amide bonds. The lowest BCUT2D eigenvalue weighted by molar-refractivity contribution is -0.139. The molecule has 0 bridgehead atoms. The third-order valence-electron chi connectivity index (χ3n) is 8.59. The number of carboxylic acid groups (broad SMARTS) is 1. The predicted octanol–water partition coefficient (Wildman–Crippen LogP) is 6.00. The molecule has 1 aliphatic heterocycles. The minimum atomic E-state index is -0.740. The Balaban J connectivity index is 1.40. The van der Waals surface area contributed by atoms with E-state index in [-0.39, 0.29) is 24.7 Å². The number of piperidine rings is 1. The van der Waals surface area contributed by atoms with Crippen molar-refractivity contribution < 1.29 is 14.7 Å². The van der Waals surface area contributed by atoms with E-state index in [1.54, 1.807) is 0 Å². The molecule has 1 saturated carbocycles. The van der Waals surface area contributed by atoms with Gasteiger partial charge in [-0.25, -0.2) is 4.79 Å². The van der Waals surface area contributed by atoms with Crippen LogP contribution in [0, 0.1) is 11.8 Å². The summed E-state index contributed by atoms with van der Waals surface area (Å²) in [5.74, 6) is 0.606. The number of carbonyl (C=O) groups is 2. The number of hydrogen-bond donors (Lipinski definition) is 2. The maximum atomic E-state index is 13.2. The molecule has 2 fully saturated rings. The van der Waals surface area contributed by atoms with Crippen molar-refractivity contribution in [1.29, 1.82) is 0 Å². The lowest BCUT2D eigenvalue weighted by Gasteiger charge is -2.39. The summed E-state index contributed by atoms with van der Waals surface area (Å²) in [5, 5.41) is 12.7. The van der Waals surface area contributed by atoms with Gasteiger partial charge in [-0.3, -0.25) is 9.69 Å². The van der Waals surface area contributed by atoms with Crippen molar-refractivity contribution in [1.82, 2.24) is 14.7 Å². The molecule has 2 aromatic rings. The van der Waals surface area contributed by atoms with E-state index in [2.05, 4.69) is 66.2 Å². The summed E-state index contributed by atoms with van der Waals surface area (Å²) in [6.45, 7) is 11.1. The average molecular weight is 549 g/mol. The van der Waals surface area contributed by atoms with E-state index >= 15 is 0 Å². The summed E-state index contributed by atoms with van der Waals surface area (Å²) in [7, 11) is 0. The summed E-state index contributed by atoms with van der Waals surface area (Å²) in [4.78, 5) is 31.7. The Kier molecular flexibility index (Phi) is 11.0. The Bertz CT molecular complexity index is 1060. The van der Waals surface area contributed by atoms with E-state index in [0.29, 0.717) is 17.8 Å². The fourth-order valence-electron chi connectivity index (χ4n) is 6.84. The van der Waals surface area contributed by atoms with Crippen LogP contribution in [0.5, 0.6) is 0 Å². The number of carbonyl (C=O) groups excluding carboxylic acids is 1. The van der Waals surface area contributed by atoms with Gasteiger partial charge in [0.25, 0.3) is 0 Å². The van der Waals surface area contributed by atoms with Crippen molar-refractivity contribution in [3.8, 4) is 0 Å². The third kappa shape index (κ3) is 8.31. The predicted molar refractivity (Wildman–Crippen MR) is 162 cm³/mol. The SMILES string of the molecule is CCCN(C(=O)Nc1ccccc1)C1CCN(CC2CC(N(CC(=O)O)CC(C)C)CC2c2ccccc2)CC1. The second kappa shape index (κ2) is 14.6. The minimum Gasteiger partial charge on any atom is -0.480 e. The lowest BCUT2D eigenvalue weighted by Crippen LogP contribution is -2.49. The zero-order chi connectivity index (χ0) is 28.5.